The fourth-order valence-electron chi connectivity index (χ4n) is 6.04. The fourth-order valence-corrected chi connectivity index (χ4v) is 6.95. The van der Waals surface area contributed by atoms with Crippen molar-refractivity contribution in [3.8, 4) is 5.75 Å². The molecule has 4 aromatic rings. The van der Waals surface area contributed by atoms with Gasteiger partial charge in [-0.15, -0.1) is 11.3 Å². The van der Waals surface area contributed by atoms with Gasteiger partial charge in [0, 0.05) is 42.7 Å². The first-order valence-electron chi connectivity index (χ1n) is 13.5. The van der Waals surface area contributed by atoms with E-state index in [2.05, 4.69) is 28.5 Å². The van der Waals surface area contributed by atoms with Crippen LogP contribution in [0.3, 0.4) is 0 Å². The second-order valence-corrected chi connectivity index (χ2v) is 11.4. The molecule has 2 aliphatic rings. The molecule has 39 heavy (non-hydrogen) atoms. The molecule has 1 saturated heterocycles. The first-order valence-corrected chi connectivity index (χ1v) is 14.4. The van der Waals surface area contributed by atoms with Crippen LogP contribution in [0.5, 0.6) is 5.75 Å². The molecule has 2 atom stereocenters. The predicted molar refractivity (Wildman–Crippen MR) is 155 cm³/mol. The lowest BCUT2D eigenvalue weighted by molar-refractivity contribution is -0.135. The van der Waals surface area contributed by atoms with Crippen LogP contribution in [-0.4, -0.2) is 72.4 Å². The number of hydrogen-bond acceptors (Lipinski definition) is 5. The normalized spacial score (nSPS) is 19.6. The third-order valence-electron chi connectivity index (χ3n) is 8.10. The zero-order valence-electron chi connectivity index (χ0n) is 22.4. The Hall–Kier alpha value is -3.68. The van der Waals surface area contributed by atoms with Crippen molar-refractivity contribution in [2.24, 2.45) is 0 Å². The smallest absolute Gasteiger partial charge is 0.254 e. The van der Waals surface area contributed by atoms with Gasteiger partial charge in [0.05, 0.1) is 19.7 Å². The number of methoxy groups -OCH3 is 1. The van der Waals surface area contributed by atoms with E-state index in [0.717, 1.165) is 35.1 Å². The van der Waals surface area contributed by atoms with Gasteiger partial charge in [0.2, 0.25) is 5.91 Å². The molecule has 200 valence electrons. The molecule has 1 aromatic heterocycles. The van der Waals surface area contributed by atoms with Gasteiger partial charge < -0.3 is 14.5 Å². The number of carbonyl (C=O) groups excluding carboxylic acids is 2. The maximum absolute atomic E-state index is 13.6. The lowest BCUT2D eigenvalue weighted by Gasteiger charge is -2.42. The molecular formula is C32H33N3O3S. The largest absolute Gasteiger partial charge is 0.497 e. The Bertz CT molecular complexity index is 1490. The number of carbonyl (C=O) groups is 2. The van der Waals surface area contributed by atoms with Crippen molar-refractivity contribution in [1.29, 1.82) is 0 Å². The SMILES string of the molecule is COc1ccc(C2c3ccsc3CCN2CC(=O)N2CCN(C(=O)c3cccc4ccccc34)C(C)C2)cc1. The zero-order chi connectivity index (χ0) is 26.9. The molecule has 6 rings (SSSR count). The van der Waals surface area contributed by atoms with E-state index < -0.39 is 0 Å². The summed E-state index contributed by atoms with van der Waals surface area (Å²) in [5.74, 6) is 0.982. The van der Waals surface area contributed by atoms with Crippen LogP contribution < -0.4 is 4.74 Å². The van der Waals surface area contributed by atoms with E-state index in [-0.39, 0.29) is 23.9 Å². The average Bonchev–Trinajstić information content (AvgIpc) is 3.45. The third kappa shape index (κ3) is 4.92. The van der Waals surface area contributed by atoms with Gasteiger partial charge >= 0.3 is 0 Å². The molecule has 6 nitrogen and oxygen atoms in total. The molecule has 2 unspecified atom stereocenters. The number of nitrogens with zero attached hydrogens (tertiary/aromatic N) is 3. The van der Waals surface area contributed by atoms with E-state index in [1.807, 2.05) is 71.3 Å². The first kappa shape index (κ1) is 25.6. The summed E-state index contributed by atoms with van der Waals surface area (Å²) in [5, 5.41) is 4.19. The van der Waals surface area contributed by atoms with E-state index >= 15 is 0 Å². The molecule has 0 N–H and O–H groups in total. The van der Waals surface area contributed by atoms with Crippen LogP contribution in [0.2, 0.25) is 0 Å². The lowest BCUT2D eigenvalue weighted by Crippen LogP contribution is -2.57. The molecular weight excluding hydrogens is 506 g/mol. The highest BCUT2D eigenvalue weighted by atomic mass is 32.1. The number of benzene rings is 3. The lowest BCUT2D eigenvalue weighted by atomic mass is 9.93. The van der Waals surface area contributed by atoms with Crippen molar-refractivity contribution in [3.05, 3.63) is 99.7 Å². The minimum Gasteiger partial charge on any atom is -0.497 e. The van der Waals surface area contributed by atoms with Crippen molar-refractivity contribution >= 4 is 33.9 Å². The highest BCUT2D eigenvalue weighted by molar-refractivity contribution is 7.10. The van der Waals surface area contributed by atoms with Gasteiger partial charge in [-0.1, -0.05) is 48.5 Å². The third-order valence-corrected chi connectivity index (χ3v) is 9.09. The Morgan fingerprint density at radius 1 is 0.949 bits per heavy atom. The molecule has 3 aromatic carbocycles. The quantitative estimate of drug-likeness (QED) is 0.349. The van der Waals surface area contributed by atoms with E-state index in [1.54, 1.807) is 18.4 Å². The number of amides is 2. The van der Waals surface area contributed by atoms with Gasteiger partial charge in [-0.05, 0) is 64.9 Å². The van der Waals surface area contributed by atoms with Crippen LogP contribution in [0.1, 0.15) is 39.3 Å². The van der Waals surface area contributed by atoms with Crippen molar-refractivity contribution in [1.82, 2.24) is 14.7 Å². The summed E-state index contributed by atoms with van der Waals surface area (Å²) in [6.45, 7) is 4.86. The van der Waals surface area contributed by atoms with Crippen LogP contribution in [0.4, 0.5) is 0 Å². The van der Waals surface area contributed by atoms with Crippen molar-refractivity contribution in [3.63, 3.8) is 0 Å². The molecule has 1 fully saturated rings. The minimum atomic E-state index is -0.0589. The molecule has 7 heteroatoms. The molecule has 0 saturated carbocycles. The number of hydrogen-bond donors (Lipinski definition) is 0. The second-order valence-electron chi connectivity index (χ2n) is 10.4. The van der Waals surface area contributed by atoms with Crippen LogP contribution in [0.25, 0.3) is 10.8 Å². The number of piperazine rings is 1. The zero-order valence-corrected chi connectivity index (χ0v) is 23.2. The van der Waals surface area contributed by atoms with E-state index in [0.29, 0.717) is 26.2 Å². The molecule has 0 radical (unpaired) electrons. The minimum absolute atomic E-state index is 0.0342. The van der Waals surface area contributed by atoms with Gasteiger partial charge in [0.1, 0.15) is 5.75 Å². The second kappa shape index (κ2) is 10.8. The van der Waals surface area contributed by atoms with Crippen LogP contribution in [0, 0.1) is 0 Å². The van der Waals surface area contributed by atoms with Gasteiger partial charge in [0.25, 0.3) is 5.91 Å². The average molecular weight is 540 g/mol. The van der Waals surface area contributed by atoms with Crippen LogP contribution in [-0.2, 0) is 11.2 Å². The summed E-state index contributed by atoms with van der Waals surface area (Å²) >= 11 is 1.80. The molecule has 0 aliphatic carbocycles. The Morgan fingerprint density at radius 2 is 1.74 bits per heavy atom. The molecule has 0 spiro atoms. The molecule has 2 aliphatic heterocycles. The van der Waals surface area contributed by atoms with Gasteiger partial charge in [-0.25, -0.2) is 0 Å². The van der Waals surface area contributed by atoms with E-state index in [4.69, 9.17) is 4.74 Å². The van der Waals surface area contributed by atoms with Gasteiger partial charge in [-0.2, -0.15) is 0 Å². The van der Waals surface area contributed by atoms with Gasteiger partial charge in [0.15, 0.2) is 0 Å². The van der Waals surface area contributed by atoms with Crippen molar-refractivity contribution < 1.29 is 14.3 Å². The molecule has 2 amide bonds. The summed E-state index contributed by atoms with van der Waals surface area (Å²) in [6.07, 6.45) is 0.955. The van der Waals surface area contributed by atoms with Crippen LogP contribution >= 0.6 is 11.3 Å². The topological polar surface area (TPSA) is 53.1 Å². The number of thiophene rings is 1. The Morgan fingerprint density at radius 3 is 2.54 bits per heavy atom. The summed E-state index contributed by atoms with van der Waals surface area (Å²) in [6, 6.07) is 24.3. The standard InChI is InChI=1S/C32H33N3O3S/c1-22-20-33(17-18-35(22)32(37)27-9-5-7-23-6-3-4-8-26(23)27)30(36)21-34-16-14-29-28(15-19-39-29)31(34)24-10-12-25(38-2)13-11-24/h3-13,15,19,22,31H,14,16-18,20-21H2,1-2H3. The summed E-state index contributed by atoms with van der Waals surface area (Å²) in [5.41, 5.74) is 3.19. The van der Waals surface area contributed by atoms with Crippen molar-refractivity contribution in [2.75, 3.05) is 39.8 Å². The number of rotatable bonds is 5. The predicted octanol–water partition coefficient (Wildman–Crippen LogP) is 5.23. The first-order chi connectivity index (χ1) is 19.0. The summed E-state index contributed by atoms with van der Waals surface area (Å²) in [4.78, 5) is 34.7. The fraction of sp³-hybridized carbons (Fsp3) is 0.312. The van der Waals surface area contributed by atoms with Gasteiger partial charge in [-0.3, -0.25) is 14.5 Å². The Balaban J connectivity index is 1.16. The highest BCUT2D eigenvalue weighted by Crippen LogP contribution is 2.38. The molecule has 3 heterocycles. The van der Waals surface area contributed by atoms with E-state index in [9.17, 15) is 9.59 Å². The molecule has 0 bridgehead atoms. The van der Waals surface area contributed by atoms with Crippen molar-refractivity contribution in [2.45, 2.75) is 25.4 Å². The monoisotopic (exact) mass is 539 g/mol. The summed E-state index contributed by atoms with van der Waals surface area (Å²) in [7, 11) is 1.67. The van der Waals surface area contributed by atoms with E-state index in [1.165, 1.54) is 16.0 Å². The summed E-state index contributed by atoms with van der Waals surface area (Å²) < 4.78 is 5.37. The highest BCUT2D eigenvalue weighted by Gasteiger charge is 2.35. The maximum atomic E-state index is 13.6. The Labute approximate surface area is 233 Å². The Kier molecular flexibility index (Phi) is 7.11. The number of fused-ring (bicyclic) bond motifs is 2. The maximum Gasteiger partial charge on any atom is 0.254 e. The van der Waals surface area contributed by atoms with Crippen LogP contribution in [0.15, 0.2) is 78.2 Å². The number of ether oxygens (including phenoxy) is 1.